The van der Waals surface area contributed by atoms with Crippen LogP contribution in [0.4, 0.5) is 0 Å². The molecule has 0 aromatic heterocycles. The topological polar surface area (TPSA) is 49.4 Å². The van der Waals surface area contributed by atoms with Crippen molar-refractivity contribution in [3.05, 3.63) is 35.4 Å². The molecule has 2 amide bonds. The molecule has 4 nitrogen and oxygen atoms in total. The van der Waals surface area contributed by atoms with Crippen molar-refractivity contribution >= 4 is 11.8 Å². The predicted octanol–water partition coefficient (Wildman–Crippen LogP) is 0.453. The molecule has 0 atom stereocenters. The second-order valence-corrected chi connectivity index (χ2v) is 4.01. The molecule has 84 valence electrons. The maximum atomic E-state index is 11.5. The number of amides is 2. The quantitative estimate of drug-likeness (QED) is 0.783. The van der Waals surface area contributed by atoms with Crippen molar-refractivity contribution in [2.24, 2.45) is 0 Å². The van der Waals surface area contributed by atoms with Crippen LogP contribution in [0.25, 0.3) is 0 Å². The first-order valence-electron chi connectivity index (χ1n) is 5.25. The third-order valence-electron chi connectivity index (χ3n) is 2.62. The van der Waals surface area contributed by atoms with Crippen LogP contribution in [0, 0.1) is 6.92 Å². The number of hydrogen-bond acceptors (Lipinski definition) is 2. The largest absolute Gasteiger partial charge is 0.345 e. The first kappa shape index (κ1) is 10.7. The highest BCUT2D eigenvalue weighted by molar-refractivity contribution is 5.92. The van der Waals surface area contributed by atoms with Gasteiger partial charge in [0, 0.05) is 6.54 Å². The number of benzene rings is 1. The van der Waals surface area contributed by atoms with E-state index in [9.17, 15) is 9.59 Å². The molecule has 1 aliphatic heterocycles. The predicted molar refractivity (Wildman–Crippen MR) is 59.6 cm³/mol. The molecule has 4 heteroatoms. The zero-order chi connectivity index (χ0) is 11.5. The fraction of sp³-hybridized carbons (Fsp3) is 0.333. The summed E-state index contributed by atoms with van der Waals surface area (Å²) in [6.07, 6.45) is 0. The number of hydrogen-bond donors (Lipinski definition) is 1. The molecule has 1 heterocycles. The summed E-state index contributed by atoms with van der Waals surface area (Å²) in [6.45, 7) is 2.80. The molecule has 1 aromatic carbocycles. The van der Waals surface area contributed by atoms with Crippen LogP contribution in [0.1, 0.15) is 11.1 Å². The van der Waals surface area contributed by atoms with Gasteiger partial charge in [-0.05, 0) is 12.5 Å². The first-order chi connectivity index (χ1) is 7.65. The summed E-state index contributed by atoms with van der Waals surface area (Å²) in [5, 5.41) is 2.53. The van der Waals surface area contributed by atoms with Gasteiger partial charge in [0.15, 0.2) is 0 Å². The molecule has 1 aliphatic rings. The standard InChI is InChI=1S/C12H14N2O2/c1-9-2-4-10(5-3-9)7-14-8-11(15)13-6-12(14)16/h2-5H,6-8H2,1H3,(H,13,15). The van der Waals surface area contributed by atoms with E-state index in [-0.39, 0.29) is 24.9 Å². The summed E-state index contributed by atoms with van der Waals surface area (Å²) in [5.74, 6) is -0.119. The molecule has 1 saturated heterocycles. The Morgan fingerprint density at radius 3 is 2.62 bits per heavy atom. The SMILES string of the molecule is Cc1ccc(CN2CC(=O)NCC2=O)cc1. The van der Waals surface area contributed by atoms with Gasteiger partial charge in [0.1, 0.15) is 0 Å². The summed E-state index contributed by atoms with van der Waals surface area (Å²) < 4.78 is 0. The highest BCUT2D eigenvalue weighted by Crippen LogP contribution is 2.08. The summed E-state index contributed by atoms with van der Waals surface area (Å²) in [6, 6.07) is 7.97. The second-order valence-electron chi connectivity index (χ2n) is 4.01. The molecule has 0 saturated carbocycles. The van der Waals surface area contributed by atoms with Gasteiger partial charge in [-0.15, -0.1) is 0 Å². The molecule has 0 radical (unpaired) electrons. The number of nitrogens with one attached hydrogen (secondary N) is 1. The van der Waals surface area contributed by atoms with Crippen molar-refractivity contribution in [1.82, 2.24) is 10.2 Å². The van der Waals surface area contributed by atoms with Crippen molar-refractivity contribution in [1.29, 1.82) is 0 Å². The van der Waals surface area contributed by atoms with Crippen molar-refractivity contribution in [3.63, 3.8) is 0 Å². The molecular weight excluding hydrogens is 204 g/mol. The number of carbonyl (C=O) groups is 2. The van der Waals surface area contributed by atoms with E-state index in [0.29, 0.717) is 6.54 Å². The van der Waals surface area contributed by atoms with Gasteiger partial charge in [0.25, 0.3) is 0 Å². The number of aryl methyl sites for hydroxylation is 1. The van der Waals surface area contributed by atoms with Gasteiger partial charge in [-0.25, -0.2) is 0 Å². The average Bonchev–Trinajstić information content (AvgIpc) is 2.27. The third-order valence-corrected chi connectivity index (χ3v) is 2.62. The van der Waals surface area contributed by atoms with Gasteiger partial charge >= 0.3 is 0 Å². The Labute approximate surface area is 94.2 Å². The van der Waals surface area contributed by atoms with E-state index in [0.717, 1.165) is 5.56 Å². The van der Waals surface area contributed by atoms with Crippen LogP contribution in [0.5, 0.6) is 0 Å². The van der Waals surface area contributed by atoms with Crippen molar-refractivity contribution < 1.29 is 9.59 Å². The number of nitrogens with zero attached hydrogens (tertiary/aromatic N) is 1. The highest BCUT2D eigenvalue weighted by atomic mass is 16.2. The molecule has 1 N–H and O–H groups in total. The van der Waals surface area contributed by atoms with Gasteiger partial charge in [0.2, 0.25) is 11.8 Å². The van der Waals surface area contributed by atoms with Crippen LogP contribution >= 0.6 is 0 Å². The van der Waals surface area contributed by atoms with Crippen molar-refractivity contribution in [2.45, 2.75) is 13.5 Å². The smallest absolute Gasteiger partial charge is 0.242 e. The van der Waals surface area contributed by atoms with Crippen LogP contribution in [-0.2, 0) is 16.1 Å². The molecule has 16 heavy (non-hydrogen) atoms. The van der Waals surface area contributed by atoms with Crippen LogP contribution in [0.3, 0.4) is 0 Å². The summed E-state index contributed by atoms with van der Waals surface area (Å²) in [4.78, 5) is 24.3. The zero-order valence-corrected chi connectivity index (χ0v) is 9.19. The van der Waals surface area contributed by atoms with Crippen LogP contribution in [0.2, 0.25) is 0 Å². The monoisotopic (exact) mass is 218 g/mol. The maximum absolute atomic E-state index is 11.5. The Hall–Kier alpha value is -1.84. The zero-order valence-electron chi connectivity index (χ0n) is 9.19. The fourth-order valence-corrected chi connectivity index (χ4v) is 1.66. The Balaban J connectivity index is 2.05. The minimum atomic E-state index is -0.0910. The van der Waals surface area contributed by atoms with E-state index in [1.807, 2.05) is 31.2 Å². The van der Waals surface area contributed by atoms with E-state index in [2.05, 4.69) is 5.32 Å². The van der Waals surface area contributed by atoms with Crippen LogP contribution in [-0.4, -0.2) is 29.8 Å². The lowest BCUT2D eigenvalue weighted by Gasteiger charge is -2.26. The van der Waals surface area contributed by atoms with Crippen LogP contribution in [0.15, 0.2) is 24.3 Å². The van der Waals surface area contributed by atoms with E-state index < -0.39 is 0 Å². The van der Waals surface area contributed by atoms with E-state index in [1.54, 1.807) is 4.90 Å². The summed E-state index contributed by atoms with van der Waals surface area (Å²) in [5.41, 5.74) is 2.24. The van der Waals surface area contributed by atoms with E-state index >= 15 is 0 Å². The lowest BCUT2D eigenvalue weighted by Crippen LogP contribution is -2.50. The third kappa shape index (κ3) is 2.39. The highest BCUT2D eigenvalue weighted by Gasteiger charge is 2.22. The molecule has 0 aliphatic carbocycles. The van der Waals surface area contributed by atoms with E-state index in [4.69, 9.17) is 0 Å². The minimum absolute atomic E-state index is 0.0276. The molecule has 0 unspecified atom stereocenters. The van der Waals surface area contributed by atoms with Gasteiger partial charge < -0.3 is 10.2 Å². The van der Waals surface area contributed by atoms with Crippen molar-refractivity contribution in [3.8, 4) is 0 Å². The molecule has 1 fully saturated rings. The van der Waals surface area contributed by atoms with Gasteiger partial charge in [-0.3, -0.25) is 9.59 Å². The Morgan fingerprint density at radius 1 is 1.25 bits per heavy atom. The molecule has 0 bridgehead atoms. The fourth-order valence-electron chi connectivity index (χ4n) is 1.66. The second kappa shape index (κ2) is 4.35. The lowest BCUT2D eigenvalue weighted by molar-refractivity contribution is -0.141. The normalized spacial score (nSPS) is 16.2. The molecular formula is C12H14N2O2. The number of rotatable bonds is 2. The average molecular weight is 218 g/mol. The van der Waals surface area contributed by atoms with Crippen molar-refractivity contribution in [2.75, 3.05) is 13.1 Å². The van der Waals surface area contributed by atoms with Crippen LogP contribution < -0.4 is 5.32 Å². The molecule has 2 rings (SSSR count). The maximum Gasteiger partial charge on any atom is 0.242 e. The number of carbonyl (C=O) groups excluding carboxylic acids is 2. The van der Waals surface area contributed by atoms with Gasteiger partial charge in [-0.2, -0.15) is 0 Å². The minimum Gasteiger partial charge on any atom is -0.345 e. The van der Waals surface area contributed by atoms with Gasteiger partial charge in [-0.1, -0.05) is 29.8 Å². The molecule has 1 aromatic rings. The summed E-state index contributed by atoms with van der Waals surface area (Å²) in [7, 11) is 0. The van der Waals surface area contributed by atoms with E-state index in [1.165, 1.54) is 5.56 Å². The summed E-state index contributed by atoms with van der Waals surface area (Å²) >= 11 is 0. The number of piperazine rings is 1. The van der Waals surface area contributed by atoms with Gasteiger partial charge in [0.05, 0.1) is 13.1 Å². The molecule has 0 spiro atoms. The Morgan fingerprint density at radius 2 is 1.94 bits per heavy atom. The Bertz CT molecular complexity index is 412. The Kier molecular flexibility index (Phi) is 2.90. The lowest BCUT2D eigenvalue weighted by atomic mass is 10.1. The first-order valence-corrected chi connectivity index (χ1v) is 5.25.